The van der Waals surface area contributed by atoms with E-state index in [0.29, 0.717) is 10.0 Å². The van der Waals surface area contributed by atoms with Crippen LogP contribution >= 0.6 is 31.9 Å². The van der Waals surface area contributed by atoms with E-state index in [1.54, 1.807) is 13.0 Å². The Morgan fingerprint density at radius 3 is 1.92 bits per heavy atom. The minimum Gasteiger partial charge on any atom is -0.457 e. The van der Waals surface area contributed by atoms with Crippen LogP contribution in [-0.4, -0.2) is 53.6 Å². The second-order valence-electron chi connectivity index (χ2n) is 9.72. The average Bonchev–Trinajstić information content (AvgIpc) is 2.72. The highest BCUT2D eigenvalue weighted by molar-refractivity contribution is 9.11. The van der Waals surface area contributed by atoms with Gasteiger partial charge in [0.1, 0.15) is 11.2 Å². The Bertz CT molecular complexity index is 1090. The SMILES string of the molecule is Cc1cc(Br)c(N=[N+]=[N-])c(Br)c1C(=O)NCCNC(=O)C(ON)(C(=O)OC(C)(C)C)C(=O)OC(C)(C)C. The molecule has 0 saturated heterocycles. The molecule has 0 aromatic heterocycles. The van der Waals surface area contributed by atoms with Gasteiger partial charge < -0.3 is 20.1 Å². The summed E-state index contributed by atoms with van der Waals surface area (Å²) in [4.78, 5) is 59.0. The predicted octanol–water partition coefficient (Wildman–Crippen LogP) is 3.62. The van der Waals surface area contributed by atoms with Crippen LogP contribution in [0.1, 0.15) is 57.5 Å². The van der Waals surface area contributed by atoms with Crippen molar-refractivity contribution < 1.29 is 33.5 Å². The zero-order valence-corrected chi connectivity index (χ0v) is 24.7. The van der Waals surface area contributed by atoms with Crippen LogP contribution in [0.3, 0.4) is 0 Å². The molecule has 0 spiro atoms. The molecule has 1 aromatic carbocycles. The van der Waals surface area contributed by atoms with Crippen LogP contribution in [0.5, 0.6) is 0 Å². The molecule has 1 rings (SSSR count). The van der Waals surface area contributed by atoms with Crippen molar-refractivity contribution in [3.8, 4) is 0 Å². The fourth-order valence-corrected chi connectivity index (χ4v) is 4.50. The van der Waals surface area contributed by atoms with Crippen LogP contribution in [0.25, 0.3) is 10.4 Å². The predicted molar refractivity (Wildman–Crippen MR) is 140 cm³/mol. The summed E-state index contributed by atoms with van der Waals surface area (Å²) in [6, 6.07) is 1.61. The quantitative estimate of drug-likeness (QED) is 0.0686. The molecule has 0 atom stereocenters. The molecular formula is C22H30Br2N6O7. The minimum absolute atomic E-state index is 0.118. The molecule has 0 aliphatic rings. The summed E-state index contributed by atoms with van der Waals surface area (Å²) >= 11 is 6.55. The maximum atomic E-state index is 13.0. The lowest BCUT2D eigenvalue weighted by Gasteiger charge is -2.32. The summed E-state index contributed by atoms with van der Waals surface area (Å²) < 4.78 is 11.2. The Kier molecular flexibility index (Phi) is 11.1. The van der Waals surface area contributed by atoms with Gasteiger partial charge in [0.05, 0.1) is 11.3 Å². The molecule has 0 bridgehead atoms. The first-order chi connectivity index (χ1) is 16.9. The number of halogens is 2. The number of hydrogen-bond acceptors (Lipinski definition) is 9. The Morgan fingerprint density at radius 2 is 1.49 bits per heavy atom. The molecule has 0 aliphatic heterocycles. The highest BCUT2D eigenvalue weighted by atomic mass is 79.9. The molecule has 15 heteroatoms. The van der Waals surface area contributed by atoms with E-state index in [9.17, 15) is 19.2 Å². The topological polar surface area (TPSA) is 195 Å². The number of azide groups is 1. The molecule has 37 heavy (non-hydrogen) atoms. The van der Waals surface area contributed by atoms with Crippen LogP contribution in [0.15, 0.2) is 20.1 Å². The number of esters is 2. The lowest BCUT2D eigenvalue weighted by molar-refractivity contribution is -0.204. The zero-order valence-electron chi connectivity index (χ0n) is 21.5. The number of rotatable bonds is 9. The summed E-state index contributed by atoms with van der Waals surface area (Å²) in [5.41, 5.74) is 4.63. The van der Waals surface area contributed by atoms with E-state index in [1.807, 2.05) is 0 Å². The fourth-order valence-electron chi connectivity index (χ4n) is 2.83. The molecule has 0 aliphatic carbocycles. The smallest absolute Gasteiger partial charge is 0.363 e. The summed E-state index contributed by atoms with van der Waals surface area (Å²) in [6.07, 6.45) is 0. The Balaban J connectivity index is 3.09. The maximum absolute atomic E-state index is 13.0. The normalized spacial score (nSPS) is 11.7. The van der Waals surface area contributed by atoms with Crippen molar-refractivity contribution in [3.05, 3.63) is 36.6 Å². The van der Waals surface area contributed by atoms with Gasteiger partial charge in [-0.3, -0.25) is 14.4 Å². The molecule has 0 saturated carbocycles. The van der Waals surface area contributed by atoms with Crippen molar-refractivity contribution in [2.75, 3.05) is 13.1 Å². The Morgan fingerprint density at radius 1 is 1.00 bits per heavy atom. The highest BCUT2D eigenvalue weighted by Gasteiger charge is 2.59. The van der Waals surface area contributed by atoms with Gasteiger partial charge in [0.25, 0.3) is 11.8 Å². The van der Waals surface area contributed by atoms with E-state index in [-0.39, 0.29) is 28.8 Å². The Hall–Kier alpha value is -2.71. The molecule has 0 fully saturated rings. The number of benzene rings is 1. The van der Waals surface area contributed by atoms with Gasteiger partial charge in [-0.25, -0.2) is 15.5 Å². The Labute approximate surface area is 231 Å². The van der Waals surface area contributed by atoms with Crippen LogP contribution in [0.4, 0.5) is 5.69 Å². The van der Waals surface area contributed by atoms with E-state index in [0.717, 1.165) is 0 Å². The number of carbonyl (C=O) groups excluding carboxylic acids is 4. The van der Waals surface area contributed by atoms with E-state index < -0.39 is 40.6 Å². The zero-order chi connectivity index (χ0) is 28.8. The second kappa shape index (κ2) is 12.7. The molecule has 1 aromatic rings. The van der Waals surface area contributed by atoms with Crippen molar-refractivity contribution in [2.45, 2.75) is 65.3 Å². The van der Waals surface area contributed by atoms with Gasteiger partial charge in [-0.15, -0.1) is 0 Å². The highest BCUT2D eigenvalue weighted by Crippen LogP contribution is 2.38. The lowest BCUT2D eigenvalue weighted by atomic mass is 10.0. The third-order valence-electron chi connectivity index (χ3n) is 4.33. The van der Waals surface area contributed by atoms with Crippen molar-refractivity contribution in [2.24, 2.45) is 11.0 Å². The maximum Gasteiger partial charge on any atom is 0.363 e. The number of nitrogens with two attached hydrogens (primary N) is 1. The minimum atomic E-state index is -2.94. The fraction of sp³-hybridized carbons (Fsp3) is 0.545. The molecule has 2 amide bonds. The second-order valence-corrected chi connectivity index (χ2v) is 11.4. The molecule has 0 heterocycles. The number of amides is 2. The van der Waals surface area contributed by atoms with Gasteiger partial charge in [-0.2, -0.15) is 0 Å². The molecular weight excluding hydrogens is 620 g/mol. The van der Waals surface area contributed by atoms with Crippen LogP contribution in [0, 0.1) is 6.92 Å². The first-order valence-electron chi connectivity index (χ1n) is 10.9. The van der Waals surface area contributed by atoms with Crippen LogP contribution in [-0.2, 0) is 28.7 Å². The summed E-state index contributed by atoms with van der Waals surface area (Å²) in [6.45, 7) is 10.5. The van der Waals surface area contributed by atoms with Gasteiger partial charge in [0.15, 0.2) is 0 Å². The number of carbonyl (C=O) groups is 4. The van der Waals surface area contributed by atoms with Crippen molar-refractivity contribution in [1.82, 2.24) is 10.6 Å². The molecule has 0 radical (unpaired) electrons. The molecule has 0 unspecified atom stereocenters. The first kappa shape index (κ1) is 32.3. The van der Waals surface area contributed by atoms with Crippen LogP contribution < -0.4 is 16.5 Å². The number of nitrogens with zero attached hydrogens (tertiary/aromatic N) is 3. The van der Waals surface area contributed by atoms with Gasteiger partial charge in [-0.05, 0) is 81.6 Å². The average molecular weight is 650 g/mol. The van der Waals surface area contributed by atoms with E-state index >= 15 is 0 Å². The van der Waals surface area contributed by atoms with Crippen LogP contribution in [0.2, 0.25) is 0 Å². The van der Waals surface area contributed by atoms with Gasteiger partial charge >= 0.3 is 17.5 Å². The first-order valence-corrected chi connectivity index (χ1v) is 12.4. The van der Waals surface area contributed by atoms with Gasteiger partial charge in [0.2, 0.25) is 0 Å². The summed E-state index contributed by atoms with van der Waals surface area (Å²) in [5, 5.41) is 8.50. The van der Waals surface area contributed by atoms with Gasteiger partial charge in [0, 0.05) is 26.9 Å². The van der Waals surface area contributed by atoms with Crippen molar-refractivity contribution in [1.29, 1.82) is 0 Å². The van der Waals surface area contributed by atoms with Gasteiger partial charge in [-0.1, -0.05) is 21.0 Å². The molecule has 4 N–H and O–H groups in total. The third-order valence-corrected chi connectivity index (χ3v) is 5.70. The molecule has 204 valence electrons. The largest absolute Gasteiger partial charge is 0.457 e. The number of ether oxygens (including phenoxy) is 2. The number of aryl methyl sites for hydroxylation is 1. The summed E-state index contributed by atoms with van der Waals surface area (Å²) in [5.74, 6) is 0.783. The monoisotopic (exact) mass is 648 g/mol. The number of hydrogen-bond donors (Lipinski definition) is 3. The third kappa shape index (κ3) is 8.40. The molecule has 13 nitrogen and oxygen atoms in total. The number of nitrogens with one attached hydrogen (secondary N) is 2. The van der Waals surface area contributed by atoms with Crippen molar-refractivity contribution in [3.63, 3.8) is 0 Å². The van der Waals surface area contributed by atoms with E-state index in [4.69, 9.17) is 20.9 Å². The van der Waals surface area contributed by atoms with E-state index in [2.05, 4.69) is 57.4 Å². The standard InChI is InChI=1S/C22H30Br2N6O7/c1-11-10-12(23)15(29-30-25)14(24)13(11)16(31)27-8-9-28-17(32)22(37-26,18(33)35-20(2,3)4)19(34)36-21(5,6)7/h10H,8-9,26H2,1-7H3,(H,27,31)(H,28,32). The van der Waals surface area contributed by atoms with Crippen molar-refractivity contribution >= 4 is 61.3 Å². The van der Waals surface area contributed by atoms with E-state index in [1.165, 1.54) is 41.5 Å². The lowest BCUT2D eigenvalue weighted by Crippen LogP contribution is -2.64. The summed E-state index contributed by atoms with van der Waals surface area (Å²) in [7, 11) is 0.